The zero-order chi connectivity index (χ0) is 7.90. The average Bonchev–Trinajstić information content (AvgIpc) is 2.70. The summed E-state index contributed by atoms with van der Waals surface area (Å²) in [5.74, 6) is 0. The van der Waals surface area contributed by atoms with Crippen LogP contribution in [-0.4, -0.2) is 9.78 Å². The molecule has 0 N–H and O–H groups in total. The maximum absolute atomic E-state index is 8.83. The van der Waals surface area contributed by atoms with Gasteiger partial charge in [0.1, 0.15) is 0 Å². The molecule has 11 heavy (non-hydrogen) atoms. The smallest absolute Gasteiger partial charge is 0.0854 e. The first-order valence-electron chi connectivity index (χ1n) is 3.67. The van der Waals surface area contributed by atoms with Crippen molar-refractivity contribution in [1.82, 2.24) is 9.78 Å². The first kappa shape index (κ1) is 6.41. The van der Waals surface area contributed by atoms with E-state index in [1.54, 1.807) is 10.9 Å². The van der Waals surface area contributed by atoms with E-state index in [9.17, 15) is 0 Å². The number of aryl methyl sites for hydroxylation is 1. The molecule has 0 bridgehead atoms. The minimum atomic E-state index is -0.172. The molecule has 1 aliphatic rings. The minimum absolute atomic E-state index is 0.172. The summed E-state index contributed by atoms with van der Waals surface area (Å²) in [5, 5.41) is 12.9. The van der Waals surface area contributed by atoms with Gasteiger partial charge in [-0.3, -0.25) is 4.68 Å². The molecule has 0 unspecified atom stereocenters. The van der Waals surface area contributed by atoms with E-state index >= 15 is 0 Å². The summed E-state index contributed by atoms with van der Waals surface area (Å²) in [6.07, 6.45) is 5.71. The van der Waals surface area contributed by atoms with Gasteiger partial charge >= 0.3 is 0 Å². The Balaban J connectivity index is 2.38. The van der Waals surface area contributed by atoms with Crippen LogP contribution >= 0.6 is 0 Å². The van der Waals surface area contributed by atoms with E-state index in [0.29, 0.717) is 0 Å². The lowest BCUT2D eigenvalue weighted by Gasteiger charge is -1.97. The SMILES string of the molecule is Cn1cc(C2(C#N)CC2)cn1. The van der Waals surface area contributed by atoms with Crippen molar-refractivity contribution in [2.24, 2.45) is 7.05 Å². The van der Waals surface area contributed by atoms with E-state index in [0.717, 1.165) is 18.4 Å². The van der Waals surface area contributed by atoms with Crippen LogP contribution in [0.4, 0.5) is 0 Å². The van der Waals surface area contributed by atoms with Gasteiger partial charge in [0.2, 0.25) is 0 Å². The fraction of sp³-hybridized carbons (Fsp3) is 0.500. The van der Waals surface area contributed by atoms with Crippen LogP contribution in [0.25, 0.3) is 0 Å². The number of hydrogen-bond acceptors (Lipinski definition) is 2. The zero-order valence-corrected chi connectivity index (χ0v) is 6.41. The Bertz CT molecular complexity index is 314. The van der Waals surface area contributed by atoms with Crippen molar-refractivity contribution in [2.75, 3.05) is 0 Å². The second kappa shape index (κ2) is 1.85. The molecule has 1 heterocycles. The maximum atomic E-state index is 8.83. The lowest BCUT2D eigenvalue weighted by molar-refractivity contribution is 0.765. The fourth-order valence-electron chi connectivity index (χ4n) is 1.26. The quantitative estimate of drug-likeness (QED) is 0.594. The number of nitriles is 1. The summed E-state index contributed by atoms with van der Waals surface area (Å²) in [6, 6.07) is 2.33. The number of nitrogens with zero attached hydrogens (tertiary/aromatic N) is 3. The minimum Gasteiger partial charge on any atom is -0.275 e. The first-order valence-corrected chi connectivity index (χ1v) is 3.67. The molecule has 1 fully saturated rings. The van der Waals surface area contributed by atoms with Crippen LogP contribution in [-0.2, 0) is 12.5 Å². The standard InChI is InChI=1S/C8H9N3/c1-11-5-7(4-10-11)8(6-9)2-3-8/h4-5H,2-3H2,1H3. The number of aromatic nitrogens is 2. The predicted octanol–water partition coefficient (Wildman–Crippen LogP) is 0.975. The van der Waals surface area contributed by atoms with Crippen molar-refractivity contribution >= 4 is 0 Å². The summed E-state index contributed by atoms with van der Waals surface area (Å²) in [6.45, 7) is 0. The van der Waals surface area contributed by atoms with Gasteiger partial charge in [0.05, 0.1) is 17.7 Å². The highest BCUT2D eigenvalue weighted by molar-refractivity contribution is 5.35. The van der Waals surface area contributed by atoms with Crippen molar-refractivity contribution in [2.45, 2.75) is 18.3 Å². The van der Waals surface area contributed by atoms with Gasteiger partial charge in [0.25, 0.3) is 0 Å². The number of hydrogen-bond donors (Lipinski definition) is 0. The van der Waals surface area contributed by atoms with Crippen LogP contribution in [0.5, 0.6) is 0 Å². The Morgan fingerprint density at radius 3 is 2.82 bits per heavy atom. The van der Waals surface area contributed by atoms with Gasteiger partial charge in [-0.05, 0) is 12.8 Å². The monoisotopic (exact) mass is 147 g/mol. The molecule has 1 aliphatic carbocycles. The topological polar surface area (TPSA) is 41.6 Å². The zero-order valence-electron chi connectivity index (χ0n) is 6.41. The predicted molar refractivity (Wildman–Crippen MR) is 39.7 cm³/mol. The van der Waals surface area contributed by atoms with Gasteiger partial charge in [0, 0.05) is 18.8 Å². The van der Waals surface area contributed by atoms with Crippen LogP contribution in [0.3, 0.4) is 0 Å². The molecule has 0 aliphatic heterocycles. The molecule has 3 nitrogen and oxygen atoms in total. The van der Waals surface area contributed by atoms with Crippen molar-refractivity contribution < 1.29 is 0 Å². The molecule has 0 radical (unpaired) electrons. The van der Waals surface area contributed by atoms with Gasteiger partial charge < -0.3 is 0 Å². The van der Waals surface area contributed by atoms with E-state index in [1.807, 2.05) is 13.2 Å². The Morgan fingerprint density at radius 1 is 1.73 bits per heavy atom. The Kier molecular flexibility index (Phi) is 1.08. The molecule has 0 saturated heterocycles. The van der Waals surface area contributed by atoms with Crippen molar-refractivity contribution in [3.05, 3.63) is 18.0 Å². The third-order valence-electron chi connectivity index (χ3n) is 2.22. The molecule has 1 aromatic rings. The fourth-order valence-corrected chi connectivity index (χ4v) is 1.26. The largest absolute Gasteiger partial charge is 0.275 e. The van der Waals surface area contributed by atoms with E-state index in [2.05, 4.69) is 11.2 Å². The molecule has 0 spiro atoms. The van der Waals surface area contributed by atoms with Crippen LogP contribution in [0, 0.1) is 11.3 Å². The highest BCUT2D eigenvalue weighted by atomic mass is 15.2. The summed E-state index contributed by atoms with van der Waals surface area (Å²) < 4.78 is 1.74. The molecule has 0 amide bonds. The van der Waals surface area contributed by atoms with E-state index in [1.165, 1.54) is 0 Å². The van der Waals surface area contributed by atoms with Crippen LogP contribution in [0.15, 0.2) is 12.4 Å². The lowest BCUT2D eigenvalue weighted by atomic mass is 10.0. The maximum Gasteiger partial charge on any atom is 0.0854 e. The lowest BCUT2D eigenvalue weighted by Crippen LogP contribution is -1.99. The average molecular weight is 147 g/mol. The highest BCUT2D eigenvalue weighted by Crippen LogP contribution is 2.47. The van der Waals surface area contributed by atoms with Gasteiger partial charge in [-0.25, -0.2) is 0 Å². The van der Waals surface area contributed by atoms with E-state index < -0.39 is 0 Å². The second-order valence-electron chi connectivity index (χ2n) is 3.10. The Labute approximate surface area is 65.3 Å². The van der Waals surface area contributed by atoms with Crippen LogP contribution < -0.4 is 0 Å². The van der Waals surface area contributed by atoms with Crippen molar-refractivity contribution in [3.63, 3.8) is 0 Å². The third-order valence-corrected chi connectivity index (χ3v) is 2.22. The van der Waals surface area contributed by atoms with Gasteiger partial charge in [-0.1, -0.05) is 0 Å². The van der Waals surface area contributed by atoms with Gasteiger partial charge in [-0.15, -0.1) is 0 Å². The van der Waals surface area contributed by atoms with Gasteiger partial charge in [-0.2, -0.15) is 10.4 Å². The molecule has 3 heteroatoms. The Morgan fingerprint density at radius 2 is 2.45 bits per heavy atom. The molecule has 2 rings (SSSR count). The third kappa shape index (κ3) is 0.829. The van der Waals surface area contributed by atoms with E-state index in [4.69, 9.17) is 5.26 Å². The van der Waals surface area contributed by atoms with Crippen LogP contribution in [0.2, 0.25) is 0 Å². The molecule has 0 atom stereocenters. The molecule has 0 aromatic carbocycles. The Hall–Kier alpha value is -1.30. The molecule has 56 valence electrons. The molecular formula is C8H9N3. The van der Waals surface area contributed by atoms with Gasteiger partial charge in [0.15, 0.2) is 0 Å². The van der Waals surface area contributed by atoms with E-state index in [-0.39, 0.29) is 5.41 Å². The summed E-state index contributed by atoms with van der Waals surface area (Å²) in [4.78, 5) is 0. The second-order valence-corrected chi connectivity index (χ2v) is 3.10. The highest BCUT2D eigenvalue weighted by Gasteiger charge is 2.45. The summed E-state index contributed by atoms with van der Waals surface area (Å²) in [7, 11) is 1.87. The first-order chi connectivity index (χ1) is 5.27. The summed E-state index contributed by atoms with van der Waals surface area (Å²) >= 11 is 0. The number of rotatable bonds is 1. The van der Waals surface area contributed by atoms with Crippen LogP contribution in [0.1, 0.15) is 18.4 Å². The molecule has 1 aromatic heterocycles. The van der Waals surface area contributed by atoms with Crippen molar-refractivity contribution in [1.29, 1.82) is 5.26 Å². The molecule has 1 saturated carbocycles. The normalized spacial score (nSPS) is 19.3. The molecular weight excluding hydrogens is 138 g/mol. The van der Waals surface area contributed by atoms with Crippen molar-refractivity contribution in [3.8, 4) is 6.07 Å². The summed E-state index contributed by atoms with van der Waals surface area (Å²) in [5.41, 5.74) is 0.899.